The highest BCUT2D eigenvalue weighted by molar-refractivity contribution is 8.53. The maximum absolute atomic E-state index is 12.4. The first kappa shape index (κ1) is 29.4. The van der Waals surface area contributed by atoms with Gasteiger partial charge >= 0.3 is 5.97 Å². The van der Waals surface area contributed by atoms with Crippen LogP contribution in [0, 0.1) is 0 Å². The van der Waals surface area contributed by atoms with Gasteiger partial charge < -0.3 is 19.4 Å². The minimum atomic E-state index is -1.32. The molecule has 0 saturated carbocycles. The standard InChI is InChI=1S/C25H52BNO4PS/c1-3-5-7-9-10-11-12-14-16-18-25(28)31-24(17-15-13-8-6-4-2)19-20-29-21-23(27)22-30-33-32-26/h23-24,26,32H,3-22,27H2,1-2H3/t23-,24-,32?/m1/s1/i26T,32D. The van der Waals surface area contributed by atoms with E-state index in [2.05, 4.69) is 13.8 Å². The topological polar surface area (TPSA) is 70.8 Å². The zero-order chi connectivity index (χ0) is 26.0. The lowest BCUT2D eigenvalue weighted by Gasteiger charge is -2.19. The van der Waals surface area contributed by atoms with Gasteiger partial charge in [0, 0.05) is 24.5 Å². The summed E-state index contributed by atoms with van der Waals surface area (Å²) in [5.74, 6) is -0.0771. The smallest absolute Gasteiger partial charge is 0.306 e. The fraction of sp³-hybridized carbons (Fsp3) is 0.960. The Labute approximate surface area is 214 Å². The molecule has 0 aliphatic heterocycles. The van der Waals surface area contributed by atoms with E-state index in [0.717, 1.165) is 44.9 Å². The number of ether oxygens (including phenoxy) is 2. The van der Waals surface area contributed by atoms with E-state index < -0.39 is 7.61 Å². The van der Waals surface area contributed by atoms with Gasteiger partial charge in [0.1, 0.15) is 13.6 Å². The first-order valence-electron chi connectivity index (χ1n) is 14.4. The van der Waals surface area contributed by atoms with Crippen molar-refractivity contribution in [1.29, 1.82) is 2.61 Å². The van der Waals surface area contributed by atoms with Crippen LogP contribution >= 0.6 is 19.3 Å². The molecule has 1 unspecified atom stereocenters. The Morgan fingerprint density at radius 1 is 0.970 bits per heavy atom. The lowest BCUT2D eigenvalue weighted by molar-refractivity contribution is -0.150. The van der Waals surface area contributed by atoms with Crippen molar-refractivity contribution in [2.45, 2.75) is 135 Å². The lowest BCUT2D eigenvalue weighted by Crippen LogP contribution is -2.31. The fourth-order valence-corrected chi connectivity index (χ4v) is 4.37. The number of carbonyl (C=O) groups is 1. The second kappa shape index (κ2) is 26.8. The molecule has 0 saturated heterocycles. The van der Waals surface area contributed by atoms with Crippen LogP contribution < -0.4 is 5.73 Å². The number of unbranched alkanes of at least 4 members (excludes halogenated alkanes) is 12. The van der Waals surface area contributed by atoms with Gasteiger partial charge in [-0.1, -0.05) is 98.5 Å². The minimum absolute atomic E-state index is 0.0771. The average Bonchev–Trinajstić information content (AvgIpc) is 2.85. The summed E-state index contributed by atoms with van der Waals surface area (Å²) in [4.78, 5) is 12.4. The van der Waals surface area contributed by atoms with Crippen LogP contribution in [0.5, 0.6) is 0 Å². The Hall–Kier alpha value is 0.195. The molecule has 195 valence electrons. The van der Waals surface area contributed by atoms with Crippen molar-refractivity contribution in [3.8, 4) is 0 Å². The molecule has 2 N–H and O–H groups in total. The highest BCUT2D eigenvalue weighted by atomic mass is 32.7. The molecule has 0 spiro atoms. The second-order valence-electron chi connectivity index (χ2n) is 8.98. The predicted molar refractivity (Wildman–Crippen MR) is 148 cm³/mol. The number of carbonyl (C=O) groups excluding carboxylic acids is 1. The van der Waals surface area contributed by atoms with Gasteiger partial charge in [-0.05, 0) is 20.6 Å². The molecule has 0 amide bonds. The number of hydrogen-bond acceptors (Lipinski definition) is 6. The van der Waals surface area contributed by atoms with Crippen LogP contribution in [0.1, 0.15) is 123 Å². The predicted octanol–water partition coefficient (Wildman–Crippen LogP) is 6.99. The van der Waals surface area contributed by atoms with Crippen LogP contribution in [-0.4, -0.2) is 48.1 Å². The summed E-state index contributed by atoms with van der Waals surface area (Å²) in [5, 5.41) is 0. The highest BCUT2D eigenvalue weighted by Crippen LogP contribution is 2.24. The molecule has 0 aromatic rings. The second-order valence-corrected chi connectivity index (χ2v) is 10.7. The van der Waals surface area contributed by atoms with Crippen molar-refractivity contribution < 1.29 is 18.5 Å². The van der Waals surface area contributed by atoms with Crippen molar-refractivity contribution in [1.82, 2.24) is 0 Å². The minimum Gasteiger partial charge on any atom is -0.462 e. The van der Waals surface area contributed by atoms with E-state index in [4.69, 9.17) is 22.0 Å². The molecule has 0 bridgehead atoms. The highest BCUT2D eigenvalue weighted by Gasteiger charge is 2.15. The summed E-state index contributed by atoms with van der Waals surface area (Å²) in [5.41, 5.74) is 5.99. The molecule has 5 nitrogen and oxygen atoms in total. The summed E-state index contributed by atoms with van der Waals surface area (Å²) in [6, 6.07) is -0.279. The Balaban J connectivity index is 4.09. The Morgan fingerprint density at radius 3 is 2.21 bits per heavy atom. The van der Waals surface area contributed by atoms with Crippen LogP contribution in [0.3, 0.4) is 0 Å². The maximum atomic E-state index is 12.4. The van der Waals surface area contributed by atoms with Gasteiger partial charge in [0.15, 0.2) is 0 Å². The number of nitrogens with two attached hydrogens (primary N) is 1. The summed E-state index contributed by atoms with van der Waals surface area (Å²) < 4.78 is 31.3. The van der Waals surface area contributed by atoms with Gasteiger partial charge in [0.05, 0.1) is 27.1 Å². The zero-order valence-electron chi connectivity index (χ0n) is 23.4. The monoisotopic (exact) mass is 507 g/mol. The van der Waals surface area contributed by atoms with Gasteiger partial charge in [-0.3, -0.25) is 4.79 Å². The number of rotatable bonds is 27. The molecule has 0 aromatic carbocycles. The van der Waals surface area contributed by atoms with Crippen LogP contribution in [0.2, 0.25) is 0 Å². The van der Waals surface area contributed by atoms with E-state index in [1.54, 1.807) is 0 Å². The van der Waals surface area contributed by atoms with Gasteiger partial charge in [-0.2, -0.15) is 0 Å². The molecule has 8 heteroatoms. The first-order chi connectivity index (χ1) is 17.0. The van der Waals surface area contributed by atoms with Crippen LogP contribution in [0.25, 0.3) is 0 Å². The number of hydrogen-bond donors (Lipinski definition) is 1. The molecule has 0 fully saturated rings. The first-order valence-corrected chi connectivity index (χ1v) is 15.7. The molecule has 3 atom stereocenters. The molecule has 0 rings (SSSR count). The average molecular weight is 508 g/mol. The third kappa shape index (κ3) is 25.1. The summed E-state index contributed by atoms with van der Waals surface area (Å²) in [6.07, 6.45) is 19.1. The molecular formula is C25H52BNO4PS. The summed E-state index contributed by atoms with van der Waals surface area (Å²) in [7, 11) is -0.252. The quantitative estimate of drug-likeness (QED) is 0.0425. The molecule has 0 heterocycles. The third-order valence-corrected chi connectivity index (χ3v) is 6.61. The summed E-state index contributed by atoms with van der Waals surface area (Å²) >= 11 is 0.980. The maximum Gasteiger partial charge on any atom is 0.306 e. The molecule has 0 aliphatic rings. The molecule has 0 aliphatic carbocycles. The summed E-state index contributed by atoms with van der Waals surface area (Å²) in [6.45, 7) is 5.59. The van der Waals surface area contributed by atoms with Crippen molar-refractivity contribution in [3.05, 3.63) is 0 Å². The van der Waals surface area contributed by atoms with E-state index in [1.165, 1.54) is 70.6 Å². The van der Waals surface area contributed by atoms with Gasteiger partial charge in [0.2, 0.25) is 0 Å². The van der Waals surface area contributed by atoms with E-state index in [1.807, 2.05) is 0 Å². The Morgan fingerprint density at radius 2 is 1.58 bits per heavy atom. The number of esters is 1. The van der Waals surface area contributed by atoms with Crippen LogP contribution in [-0.2, 0) is 18.5 Å². The van der Waals surface area contributed by atoms with Crippen molar-refractivity contribution in [2.75, 3.05) is 19.8 Å². The van der Waals surface area contributed by atoms with Gasteiger partial charge in [-0.15, -0.1) is 0 Å². The zero-order valence-corrected chi connectivity index (χ0v) is 23.2. The van der Waals surface area contributed by atoms with Crippen molar-refractivity contribution in [3.63, 3.8) is 0 Å². The molecule has 33 heavy (non-hydrogen) atoms. The van der Waals surface area contributed by atoms with E-state index in [-0.39, 0.29) is 24.7 Å². The van der Waals surface area contributed by atoms with E-state index >= 15 is 0 Å². The molecule has 1 radical (unpaired) electrons. The molecular weight excluding hydrogens is 452 g/mol. The molecule has 0 aromatic heterocycles. The Bertz CT molecular complexity index is 475. The van der Waals surface area contributed by atoms with Gasteiger partial charge in [0.25, 0.3) is 0 Å². The Kier molecular flexibility index (Phi) is 23.9. The van der Waals surface area contributed by atoms with Crippen molar-refractivity contribution >= 4 is 32.8 Å². The van der Waals surface area contributed by atoms with Crippen molar-refractivity contribution in [2.24, 2.45) is 5.73 Å². The van der Waals surface area contributed by atoms with E-state index in [0.29, 0.717) is 26.1 Å². The van der Waals surface area contributed by atoms with E-state index in [9.17, 15) is 4.79 Å². The third-order valence-electron chi connectivity index (χ3n) is 5.71. The lowest BCUT2D eigenvalue weighted by atomic mass is 10.1. The fourth-order valence-electron chi connectivity index (χ4n) is 3.71. The van der Waals surface area contributed by atoms with Crippen LogP contribution in [0.15, 0.2) is 0 Å². The van der Waals surface area contributed by atoms with Crippen LogP contribution in [0.4, 0.5) is 0 Å². The largest absolute Gasteiger partial charge is 0.462 e. The SMILES string of the molecule is [2H]P([B][3H])SOC[C@H](N)COCC[C@@H](CCCCCCC)OC(=O)CCCCCCCCCCC. The normalized spacial score (nSPS) is 14.9. The van der Waals surface area contributed by atoms with Gasteiger partial charge in [-0.25, -0.2) is 0 Å².